The zero-order chi connectivity index (χ0) is 18.6. The number of carbonyl (C=O) groups excluding carboxylic acids is 2. The average Bonchev–Trinajstić information content (AvgIpc) is 2.83. The number of fused-ring (bicyclic) bond motifs is 2. The third-order valence-corrected chi connectivity index (χ3v) is 6.57. The molecule has 2 aliphatic heterocycles. The molecule has 0 aromatic carbocycles. The lowest BCUT2D eigenvalue weighted by molar-refractivity contribution is -0.137. The Labute approximate surface area is 154 Å². The molecular weight excluding hydrogens is 312 g/mol. The number of piperidine rings is 1. The molecule has 1 N–H and O–H groups in total. The van der Waals surface area contributed by atoms with Crippen molar-refractivity contribution in [2.45, 2.75) is 91.6 Å². The highest BCUT2D eigenvalue weighted by molar-refractivity contribution is 5.78. The highest BCUT2D eigenvalue weighted by atomic mass is 16.2. The van der Waals surface area contributed by atoms with Gasteiger partial charge in [-0.25, -0.2) is 0 Å². The van der Waals surface area contributed by atoms with E-state index in [1.165, 1.54) is 0 Å². The van der Waals surface area contributed by atoms with Gasteiger partial charge in [-0.3, -0.25) is 9.59 Å². The second-order valence-electron chi connectivity index (χ2n) is 8.97. The van der Waals surface area contributed by atoms with E-state index in [9.17, 15) is 9.59 Å². The van der Waals surface area contributed by atoms with Gasteiger partial charge >= 0.3 is 0 Å². The normalized spacial score (nSPS) is 28.1. The fourth-order valence-corrected chi connectivity index (χ4v) is 4.27. The minimum Gasteiger partial charge on any atom is -0.356 e. The van der Waals surface area contributed by atoms with Gasteiger partial charge in [-0.2, -0.15) is 0 Å². The molecule has 2 amide bonds. The fourth-order valence-electron chi connectivity index (χ4n) is 4.27. The maximum Gasteiger partial charge on any atom is 0.223 e. The van der Waals surface area contributed by atoms with Gasteiger partial charge in [0.1, 0.15) is 0 Å². The number of carbonyl (C=O) groups is 2. The molecule has 5 atom stereocenters. The summed E-state index contributed by atoms with van der Waals surface area (Å²) in [5, 5.41) is 3.14. The van der Waals surface area contributed by atoms with E-state index in [1.54, 1.807) is 0 Å². The molecule has 2 aliphatic rings. The highest BCUT2D eigenvalue weighted by Gasteiger charge is 2.43. The van der Waals surface area contributed by atoms with E-state index in [0.29, 0.717) is 54.5 Å². The molecule has 0 saturated carbocycles. The summed E-state index contributed by atoms with van der Waals surface area (Å²) in [6, 6.07) is 0.809. The molecule has 0 radical (unpaired) electrons. The molecule has 144 valence electrons. The molecule has 2 heterocycles. The van der Waals surface area contributed by atoms with Gasteiger partial charge < -0.3 is 10.2 Å². The first-order valence-corrected chi connectivity index (χ1v) is 10.4. The van der Waals surface area contributed by atoms with Crippen molar-refractivity contribution < 1.29 is 9.59 Å². The van der Waals surface area contributed by atoms with E-state index in [4.69, 9.17) is 0 Å². The summed E-state index contributed by atoms with van der Waals surface area (Å²) in [5.74, 6) is 2.53. The lowest BCUT2D eigenvalue weighted by atomic mass is 9.88. The van der Waals surface area contributed by atoms with Crippen molar-refractivity contribution in [3.8, 4) is 0 Å². The third-order valence-electron chi connectivity index (χ3n) is 6.57. The van der Waals surface area contributed by atoms with Crippen LogP contribution >= 0.6 is 0 Å². The summed E-state index contributed by atoms with van der Waals surface area (Å²) in [4.78, 5) is 27.0. The highest BCUT2D eigenvalue weighted by Crippen LogP contribution is 2.39. The van der Waals surface area contributed by atoms with Gasteiger partial charge in [-0.15, -0.1) is 0 Å². The van der Waals surface area contributed by atoms with Crippen molar-refractivity contribution in [3.05, 3.63) is 0 Å². The number of hydrogen-bond acceptors (Lipinski definition) is 2. The van der Waals surface area contributed by atoms with Gasteiger partial charge in [0.2, 0.25) is 11.8 Å². The van der Waals surface area contributed by atoms with E-state index in [2.05, 4.69) is 44.8 Å². The van der Waals surface area contributed by atoms with Crippen LogP contribution in [0.3, 0.4) is 0 Å². The Bertz CT molecular complexity index is 449. The first-order chi connectivity index (χ1) is 11.8. The standard InChI is InChI=1S/C21H38N2O2/c1-6-15(4)9-20(24)22-13-17-11-18-7-8-19(12-17)23(18)21(25)10-16(5)14(2)3/h14-19H,6-13H2,1-5H3,(H,22,24)/t15?,16?,17?,18-,19+. The Morgan fingerprint density at radius 1 is 1.04 bits per heavy atom. The lowest BCUT2D eigenvalue weighted by Crippen LogP contribution is -2.49. The van der Waals surface area contributed by atoms with Crippen molar-refractivity contribution in [1.82, 2.24) is 10.2 Å². The maximum atomic E-state index is 12.8. The molecule has 2 bridgehead atoms. The van der Waals surface area contributed by atoms with Crippen molar-refractivity contribution >= 4 is 11.8 Å². The smallest absolute Gasteiger partial charge is 0.223 e. The van der Waals surface area contributed by atoms with Gasteiger partial charge in [0, 0.05) is 31.5 Å². The molecule has 2 saturated heterocycles. The Hall–Kier alpha value is -1.06. The van der Waals surface area contributed by atoms with Crippen LogP contribution in [0.25, 0.3) is 0 Å². The van der Waals surface area contributed by atoms with Gasteiger partial charge in [0.05, 0.1) is 0 Å². The molecule has 4 nitrogen and oxygen atoms in total. The van der Waals surface area contributed by atoms with Gasteiger partial charge in [0.25, 0.3) is 0 Å². The third kappa shape index (κ3) is 5.46. The van der Waals surface area contributed by atoms with Crippen LogP contribution in [0, 0.1) is 23.7 Å². The lowest BCUT2D eigenvalue weighted by Gasteiger charge is -2.40. The van der Waals surface area contributed by atoms with Crippen molar-refractivity contribution in [3.63, 3.8) is 0 Å². The second-order valence-corrected chi connectivity index (χ2v) is 8.97. The first kappa shape index (κ1) is 20.3. The van der Waals surface area contributed by atoms with Crippen molar-refractivity contribution in [1.29, 1.82) is 0 Å². The number of nitrogens with one attached hydrogen (secondary N) is 1. The SMILES string of the molecule is CCC(C)CC(=O)NCC1C[C@H]2CC[C@@H](C1)N2C(=O)CC(C)C(C)C. The molecule has 0 aliphatic carbocycles. The van der Waals surface area contributed by atoms with Gasteiger partial charge in [-0.1, -0.05) is 41.0 Å². The summed E-state index contributed by atoms with van der Waals surface area (Å²) in [6.07, 6.45) is 6.76. The summed E-state index contributed by atoms with van der Waals surface area (Å²) < 4.78 is 0. The summed E-state index contributed by atoms with van der Waals surface area (Å²) in [6.45, 7) is 11.6. The molecular formula is C21H38N2O2. The van der Waals surface area contributed by atoms with E-state index >= 15 is 0 Å². The molecule has 0 aromatic heterocycles. The van der Waals surface area contributed by atoms with Crippen LogP contribution in [0.1, 0.15) is 79.6 Å². The number of nitrogens with zero attached hydrogens (tertiary/aromatic N) is 1. The molecule has 3 unspecified atom stereocenters. The largest absolute Gasteiger partial charge is 0.356 e. The first-order valence-electron chi connectivity index (χ1n) is 10.4. The monoisotopic (exact) mass is 350 g/mol. The van der Waals surface area contributed by atoms with Crippen LogP contribution in [0.5, 0.6) is 0 Å². The zero-order valence-electron chi connectivity index (χ0n) is 16.9. The quantitative estimate of drug-likeness (QED) is 0.719. The van der Waals surface area contributed by atoms with E-state index in [0.717, 1.165) is 38.6 Å². The van der Waals surface area contributed by atoms with E-state index in [-0.39, 0.29) is 5.91 Å². The van der Waals surface area contributed by atoms with Crippen LogP contribution in [-0.4, -0.2) is 35.3 Å². The molecule has 2 rings (SSSR count). The van der Waals surface area contributed by atoms with Crippen LogP contribution < -0.4 is 5.32 Å². The molecule has 4 heteroatoms. The number of rotatable bonds is 8. The van der Waals surface area contributed by atoms with Crippen molar-refractivity contribution in [2.24, 2.45) is 23.7 Å². The van der Waals surface area contributed by atoms with Crippen LogP contribution in [0.15, 0.2) is 0 Å². The molecule has 0 spiro atoms. The number of hydrogen-bond donors (Lipinski definition) is 1. The Balaban J connectivity index is 1.81. The maximum absolute atomic E-state index is 12.8. The average molecular weight is 351 g/mol. The Morgan fingerprint density at radius 2 is 1.64 bits per heavy atom. The molecule has 0 aromatic rings. The van der Waals surface area contributed by atoms with Crippen LogP contribution in [0.4, 0.5) is 0 Å². The predicted octanol–water partition coefficient (Wildman–Crippen LogP) is 3.99. The Morgan fingerprint density at radius 3 is 2.16 bits per heavy atom. The van der Waals surface area contributed by atoms with Crippen LogP contribution in [-0.2, 0) is 9.59 Å². The Kier molecular flexibility index (Phi) is 7.33. The summed E-state index contributed by atoms with van der Waals surface area (Å²) >= 11 is 0. The predicted molar refractivity (Wildman–Crippen MR) is 102 cm³/mol. The second kappa shape index (κ2) is 9.05. The summed E-state index contributed by atoms with van der Waals surface area (Å²) in [7, 11) is 0. The molecule has 25 heavy (non-hydrogen) atoms. The number of amides is 2. The topological polar surface area (TPSA) is 49.4 Å². The minimum absolute atomic E-state index is 0.186. The van der Waals surface area contributed by atoms with E-state index < -0.39 is 0 Å². The van der Waals surface area contributed by atoms with Crippen molar-refractivity contribution in [2.75, 3.05) is 6.54 Å². The molecule has 2 fully saturated rings. The van der Waals surface area contributed by atoms with Gasteiger partial charge in [0.15, 0.2) is 0 Å². The van der Waals surface area contributed by atoms with Crippen LogP contribution in [0.2, 0.25) is 0 Å². The summed E-state index contributed by atoms with van der Waals surface area (Å²) in [5.41, 5.74) is 0. The van der Waals surface area contributed by atoms with E-state index in [1.807, 2.05) is 0 Å². The minimum atomic E-state index is 0.186. The zero-order valence-corrected chi connectivity index (χ0v) is 16.9. The fraction of sp³-hybridized carbons (Fsp3) is 0.905. The van der Waals surface area contributed by atoms with Gasteiger partial charge in [-0.05, 0) is 49.4 Å².